The van der Waals surface area contributed by atoms with Crippen molar-refractivity contribution >= 4 is 5.71 Å². The van der Waals surface area contributed by atoms with Crippen LogP contribution in [-0.4, -0.2) is 21.1 Å². The van der Waals surface area contributed by atoms with Gasteiger partial charge in [-0.05, 0) is 18.6 Å². The monoisotopic (exact) mass is 181 g/mol. The summed E-state index contributed by atoms with van der Waals surface area (Å²) < 4.78 is 0. The van der Waals surface area contributed by atoms with Gasteiger partial charge in [-0.1, -0.05) is 18.1 Å². The summed E-state index contributed by atoms with van der Waals surface area (Å²) >= 11 is 0. The Bertz CT molecular complexity index is 313. The van der Waals surface area contributed by atoms with Crippen molar-refractivity contribution in [2.24, 2.45) is 5.16 Å². The van der Waals surface area contributed by atoms with E-state index >= 15 is 0 Å². The van der Waals surface area contributed by atoms with Crippen LogP contribution >= 0.6 is 0 Å². The highest BCUT2D eigenvalue weighted by atomic mass is 16.4. The van der Waals surface area contributed by atoms with Gasteiger partial charge < -0.3 is 15.4 Å². The summed E-state index contributed by atoms with van der Waals surface area (Å²) in [4.78, 5) is 0. The second-order valence-corrected chi connectivity index (χ2v) is 2.57. The maximum Gasteiger partial charge on any atom is 0.128 e. The molecule has 4 nitrogen and oxygen atoms in total. The average molecular weight is 181 g/mol. The number of nitrogens with zero attached hydrogens (tertiary/aromatic N) is 1. The molecule has 1 aromatic rings. The van der Waals surface area contributed by atoms with Crippen LogP contribution in [0.2, 0.25) is 0 Å². The quantitative estimate of drug-likeness (QED) is 0.369. The molecular weight excluding hydrogens is 170 g/mol. The van der Waals surface area contributed by atoms with Crippen LogP contribution in [-0.2, 0) is 0 Å². The number of phenols is 2. The highest BCUT2D eigenvalue weighted by molar-refractivity contribution is 6.04. The van der Waals surface area contributed by atoms with Crippen molar-refractivity contribution in [2.75, 3.05) is 0 Å². The van der Waals surface area contributed by atoms with Gasteiger partial charge in [-0.3, -0.25) is 0 Å². The Kier molecular flexibility index (Phi) is 2.74. The molecule has 1 aromatic carbocycles. The van der Waals surface area contributed by atoms with E-state index in [0.29, 0.717) is 6.42 Å². The fourth-order valence-corrected chi connectivity index (χ4v) is 1.12. The summed E-state index contributed by atoms with van der Waals surface area (Å²) in [6, 6.07) is 4.37. The Morgan fingerprint density at radius 2 is 1.85 bits per heavy atom. The van der Waals surface area contributed by atoms with Crippen LogP contribution in [0.25, 0.3) is 0 Å². The lowest BCUT2D eigenvalue weighted by molar-refractivity contribution is 0.317. The average Bonchev–Trinajstić information content (AvgIpc) is 2.11. The maximum atomic E-state index is 9.37. The normalized spacial score (nSPS) is 11.6. The number of oxime groups is 1. The van der Waals surface area contributed by atoms with Gasteiger partial charge in [0.25, 0.3) is 0 Å². The highest BCUT2D eigenvalue weighted by Crippen LogP contribution is 2.27. The molecule has 0 aliphatic carbocycles. The van der Waals surface area contributed by atoms with Crippen molar-refractivity contribution in [1.29, 1.82) is 0 Å². The SMILES string of the molecule is CC/C(=N\O)c1c(O)cccc1O. The van der Waals surface area contributed by atoms with Gasteiger partial charge in [0.15, 0.2) is 0 Å². The molecule has 0 fully saturated rings. The number of hydrogen-bond acceptors (Lipinski definition) is 4. The van der Waals surface area contributed by atoms with E-state index in [0.717, 1.165) is 0 Å². The zero-order valence-electron chi connectivity index (χ0n) is 7.23. The molecule has 0 radical (unpaired) electrons. The predicted molar refractivity (Wildman–Crippen MR) is 48.4 cm³/mol. The summed E-state index contributed by atoms with van der Waals surface area (Å²) in [6.45, 7) is 1.76. The maximum absolute atomic E-state index is 9.37. The summed E-state index contributed by atoms with van der Waals surface area (Å²) in [5.41, 5.74) is 0.447. The van der Waals surface area contributed by atoms with Gasteiger partial charge in [0.2, 0.25) is 0 Å². The van der Waals surface area contributed by atoms with E-state index in [-0.39, 0.29) is 22.8 Å². The Morgan fingerprint density at radius 1 is 1.31 bits per heavy atom. The van der Waals surface area contributed by atoms with Gasteiger partial charge in [-0.2, -0.15) is 0 Å². The van der Waals surface area contributed by atoms with Crippen LogP contribution in [0.5, 0.6) is 11.5 Å². The molecule has 0 amide bonds. The third kappa shape index (κ3) is 1.72. The minimum absolute atomic E-state index is 0.0883. The zero-order chi connectivity index (χ0) is 9.84. The highest BCUT2D eigenvalue weighted by Gasteiger charge is 2.12. The molecule has 3 N–H and O–H groups in total. The first-order valence-corrected chi connectivity index (χ1v) is 3.93. The first-order chi connectivity index (χ1) is 6.20. The molecule has 1 rings (SSSR count). The van der Waals surface area contributed by atoms with E-state index in [9.17, 15) is 10.2 Å². The zero-order valence-corrected chi connectivity index (χ0v) is 7.23. The van der Waals surface area contributed by atoms with Crippen LogP contribution in [0.1, 0.15) is 18.9 Å². The van der Waals surface area contributed by atoms with E-state index < -0.39 is 0 Å². The van der Waals surface area contributed by atoms with Gasteiger partial charge in [0.05, 0.1) is 11.3 Å². The van der Waals surface area contributed by atoms with Crippen molar-refractivity contribution in [3.8, 4) is 11.5 Å². The molecule has 0 atom stereocenters. The Balaban J connectivity index is 3.27. The van der Waals surface area contributed by atoms with E-state index in [1.54, 1.807) is 6.92 Å². The Morgan fingerprint density at radius 3 is 2.23 bits per heavy atom. The van der Waals surface area contributed by atoms with Crippen molar-refractivity contribution in [2.45, 2.75) is 13.3 Å². The molecule has 0 saturated heterocycles. The van der Waals surface area contributed by atoms with Crippen molar-refractivity contribution < 1.29 is 15.4 Å². The summed E-state index contributed by atoms with van der Waals surface area (Å²) in [6.07, 6.45) is 0.432. The Labute approximate surface area is 75.8 Å². The molecular formula is C9H11NO3. The molecule has 0 bridgehead atoms. The minimum Gasteiger partial charge on any atom is -0.507 e. The molecule has 13 heavy (non-hydrogen) atoms. The third-order valence-electron chi connectivity index (χ3n) is 1.76. The molecule has 4 heteroatoms. The standard InChI is InChI=1S/C9H11NO3/c1-2-6(10-13)9-7(11)4-3-5-8(9)12/h3-5,11-13H,2H2,1H3/b10-6+. The fourth-order valence-electron chi connectivity index (χ4n) is 1.12. The first kappa shape index (κ1) is 9.38. The van der Waals surface area contributed by atoms with Gasteiger partial charge in [0.1, 0.15) is 11.5 Å². The van der Waals surface area contributed by atoms with E-state index in [2.05, 4.69) is 5.16 Å². The molecule has 0 heterocycles. The van der Waals surface area contributed by atoms with Crippen LogP contribution < -0.4 is 0 Å². The van der Waals surface area contributed by atoms with Crippen LogP contribution in [0.4, 0.5) is 0 Å². The predicted octanol–water partition coefficient (Wildman–Crippen LogP) is 1.69. The smallest absolute Gasteiger partial charge is 0.128 e. The third-order valence-corrected chi connectivity index (χ3v) is 1.76. The second kappa shape index (κ2) is 3.80. The van der Waals surface area contributed by atoms with E-state index in [1.165, 1.54) is 18.2 Å². The first-order valence-electron chi connectivity index (χ1n) is 3.93. The number of rotatable bonds is 2. The number of aromatic hydroxyl groups is 2. The molecule has 0 aliphatic rings. The fraction of sp³-hybridized carbons (Fsp3) is 0.222. The molecule has 0 spiro atoms. The van der Waals surface area contributed by atoms with Crippen LogP contribution in [0.3, 0.4) is 0 Å². The molecule has 70 valence electrons. The summed E-state index contributed by atoms with van der Waals surface area (Å²) in [5, 5.41) is 30.3. The van der Waals surface area contributed by atoms with Crippen molar-refractivity contribution in [3.63, 3.8) is 0 Å². The van der Waals surface area contributed by atoms with E-state index in [1.807, 2.05) is 0 Å². The van der Waals surface area contributed by atoms with Gasteiger partial charge in [-0.15, -0.1) is 0 Å². The number of benzene rings is 1. The van der Waals surface area contributed by atoms with E-state index in [4.69, 9.17) is 5.21 Å². The minimum atomic E-state index is -0.0883. The molecule has 0 unspecified atom stereocenters. The Hall–Kier alpha value is -1.71. The lowest BCUT2D eigenvalue weighted by Crippen LogP contribution is -1.99. The molecule has 0 saturated carbocycles. The van der Waals surface area contributed by atoms with Crippen LogP contribution in [0, 0.1) is 0 Å². The van der Waals surface area contributed by atoms with Crippen molar-refractivity contribution in [1.82, 2.24) is 0 Å². The van der Waals surface area contributed by atoms with Crippen LogP contribution in [0.15, 0.2) is 23.4 Å². The molecule has 0 aromatic heterocycles. The summed E-state index contributed by atoms with van der Waals surface area (Å²) in [7, 11) is 0. The topological polar surface area (TPSA) is 73.1 Å². The largest absolute Gasteiger partial charge is 0.507 e. The number of hydrogen-bond donors (Lipinski definition) is 3. The molecule has 0 aliphatic heterocycles. The van der Waals surface area contributed by atoms with Gasteiger partial charge >= 0.3 is 0 Å². The van der Waals surface area contributed by atoms with Crippen molar-refractivity contribution in [3.05, 3.63) is 23.8 Å². The summed E-state index contributed by atoms with van der Waals surface area (Å²) in [5.74, 6) is -0.177. The lowest BCUT2D eigenvalue weighted by Gasteiger charge is -2.06. The second-order valence-electron chi connectivity index (χ2n) is 2.57. The van der Waals surface area contributed by atoms with Gasteiger partial charge in [-0.25, -0.2) is 0 Å². The lowest BCUT2D eigenvalue weighted by atomic mass is 10.1. The van der Waals surface area contributed by atoms with Gasteiger partial charge in [0, 0.05) is 0 Å². The number of phenolic OH excluding ortho intramolecular Hbond substituents is 2.